The highest BCUT2D eigenvalue weighted by Gasteiger charge is 2.17. The van der Waals surface area contributed by atoms with E-state index in [0.29, 0.717) is 16.3 Å². The van der Waals surface area contributed by atoms with Gasteiger partial charge in [-0.05, 0) is 49.3 Å². The Morgan fingerprint density at radius 1 is 1.28 bits per heavy atom. The predicted octanol–water partition coefficient (Wildman–Crippen LogP) is 3.91. The molecule has 0 atom stereocenters. The van der Waals surface area contributed by atoms with Gasteiger partial charge in [-0.1, -0.05) is 13.0 Å². The fourth-order valence-electron chi connectivity index (χ4n) is 2.12. The van der Waals surface area contributed by atoms with Crippen LogP contribution < -0.4 is 10.6 Å². The number of methoxy groups -OCH3 is 1. The van der Waals surface area contributed by atoms with Gasteiger partial charge in [0.15, 0.2) is 5.11 Å². The van der Waals surface area contributed by atoms with Crippen LogP contribution in [0.15, 0.2) is 24.3 Å². The monoisotopic (exact) mass is 378 g/mol. The van der Waals surface area contributed by atoms with Crippen LogP contribution in [-0.4, -0.2) is 29.3 Å². The molecule has 2 rings (SSSR count). The Hall–Kier alpha value is -2.45. The number of carboxylic acid groups (broad SMARTS) is 1. The zero-order valence-electron chi connectivity index (χ0n) is 14.0. The molecule has 0 saturated heterocycles. The number of carbonyl (C=O) groups is 2. The van der Waals surface area contributed by atoms with Crippen molar-refractivity contribution in [3.05, 3.63) is 45.8 Å². The molecule has 0 aliphatic rings. The highest BCUT2D eigenvalue weighted by molar-refractivity contribution is 7.80. The lowest BCUT2D eigenvalue weighted by Gasteiger charge is -2.13. The summed E-state index contributed by atoms with van der Waals surface area (Å²) in [5, 5.41) is 15.9. The van der Waals surface area contributed by atoms with Gasteiger partial charge in [0.25, 0.3) is 0 Å². The maximum atomic E-state index is 11.9. The second-order valence-corrected chi connectivity index (χ2v) is 6.76. The third-order valence-electron chi connectivity index (χ3n) is 3.50. The van der Waals surface area contributed by atoms with Crippen LogP contribution in [0.4, 0.5) is 10.7 Å². The number of aromatic carboxylic acids is 1. The van der Waals surface area contributed by atoms with Crippen molar-refractivity contribution >= 4 is 51.3 Å². The number of hydrogen-bond donors (Lipinski definition) is 3. The Morgan fingerprint density at radius 3 is 2.60 bits per heavy atom. The molecule has 0 aliphatic heterocycles. The number of carbonyl (C=O) groups excluding carboxylic acids is 1. The van der Waals surface area contributed by atoms with Gasteiger partial charge >= 0.3 is 11.9 Å². The summed E-state index contributed by atoms with van der Waals surface area (Å²) in [6.07, 6.45) is 0.788. The number of esters is 1. The lowest BCUT2D eigenvalue weighted by molar-refractivity contribution is 0.0601. The Morgan fingerprint density at radius 2 is 2.00 bits per heavy atom. The average molecular weight is 378 g/mol. The van der Waals surface area contributed by atoms with Crippen LogP contribution in [0.25, 0.3) is 0 Å². The van der Waals surface area contributed by atoms with E-state index in [0.717, 1.165) is 16.9 Å². The van der Waals surface area contributed by atoms with Crippen molar-refractivity contribution in [1.29, 1.82) is 0 Å². The van der Waals surface area contributed by atoms with E-state index in [1.807, 2.05) is 13.8 Å². The molecule has 0 saturated carbocycles. The van der Waals surface area contributed by atoms with Crippen LogP contribution in [0.1, 0.15) is 38.1 Å². The van der Waals surface area contributed by atoms with Crippen LogP contribution in [0, 0.1) is 6.92 Å². The van der Waals surface area contributed by atoms with Crippen LogP contribution >= 0.6 is 23.6 Å². The molecule has 8 heteroatoms. The molecule has 6 nitrogen and oxygen atoms in total. The molecule has 0 fully saturated rings. The van der Waals surface area contributed by atoms with Crippen LogP contribution in [0.2, 0.25) is 0 Å². The van der Waals surface area contributed by atoms with Gasteiger partial charge in [-0.15, -0.1) is 11.3 Å². The van der Waals surface area contributed by atoms with Crippen molar-refractivity contribution < 1.29 is 19.4 Å². The average Bonchev–Trinajstić information content (AvgIpc) is 2.98. The molecule has 2 aromatic rings. The Bertz CT molecular complexity index is 830. The zero-order valence-corrected chi connectivity index (χ0v) is 15.6. The summed E-state index contributed by atoms with van der Waals surface area (Å²) in [6, 6.07) is 6.52. The largest absolute Gasteiger partial charge is 0.478 e. The number of carboxylic acids is 1. The minimum absolute atomic E-state index is 0.163. The Kier molecular flexibility index (Phi) is 6.11. The van der Waals surface area contributed by atoms with Crippen LogP contribution in [-0.2, 0) is 11.2 Å². The quantitative estimate of drug-likeness (QED) is 0.537. The minimum Gasteiger partial charge on any atom is -0.478 e. The van der Waals surface area contributed by atoms with Crippen molar-refractivity contribution in [1.82, 2.24) is 0 Å². The Balaban J connectivity index is 2.21. The molecule has 0 aliphatic carbocycles. The Labute approximate surface area is 154 Å². The van der Waals surface area contributed by atoms with Gasteiger partial charge < -0.3 is 20.5 Å². The summed E-state index contributed by atoms with van der Waals surface area (Å²) < 4.78 is 4.79. The first kappa shape index (κ1) is 18.9. The molecule has 0 radical (unpaired) electrons. The summed E-state index contributed by atoms with van der Waals surface area (Å²) >= 11 is 6.72. The van der Waals surface area contributed by atoms with Gasteiger partial charge in [0.1, 0.15) is 5.00 Å². The number of hydrogen-bond acceptors (Lipinski definition) is 5. The highest BCUT2D eigenvalue weighted by Crippen LogP contribution is 2.29. The number of rotatable bonds is 5. The molecule has 1 aromatic heterocycles. The summed E-state index contributed by atoms with van der Waals surface area (Å²) in [7, 11) is 1.33. The number of thiocarbonyl (C=S) groups is 1. The maximum absolute atomic E-state index is 11.9. The molecular formula is C17H18N2O4S2. The van der Waals surface area contributed by atoms with Gasteiger partial charge in [0.2, 0.25) is 0 Å². The normalized spacial score (nSPS) is 10.2. The van der Waals surface area contributed by atoms with Crippen LogP contribution in [0.5, 0.6) is 0 Å². The minimum atomic E-state index is -1.01. The first-order chi connectivity index (χ1) is 11.8. The smallest absolute Gasteiger partial charge is 0.340 e. The molecule has 1 heterocycles. The first-order valence-corrected chi connectivity index (χ1v) is 8.71. The van der Waals surface area contributed by atoms with E-state index in [1.165, 1.54) is 30.6 Å². The second-order valence-electron chi connectivity index (χ2n) is 5.21. The zero-order chi connectivity index (χ0) is 18.6. The molecule has 0 bridgehead atoms. The lowest BCUT2D eigenvalue weighted by atomic mass is 10.1. The SMILES string of the molecule is CCc1cc(C(=O)OC)c(NC(=S)Nc2cc(C(=O)O)ccc2C)s1. The number of ether oxygens (including phenoxy) is 1. The maximum Gasteiger partial charge on any atom is 0.340 e. The van der Waals surface area contributed by atoms with E-state index in [4.69, 9.17) is 22.1 Å². The molecule has 0 unspecified atom stereocenters. The summed E-state index contributed by atoms with van der Waals surface area (Å²) in [6.45, 7) is 3.84. The molecule has 0 amide bonds. The van der Waals surface area contributed by atoms with E-state index in [1.54, 1.807) is 12.1 Å². The highest BCUT2D eigenvalue weighted by atomic mass is 32.1. The number of nitrogens with one attached hydrogen (secondary N) is 2. The van der Waals surface area contributed by atoms with Gasteiger partial charge in [-0.3, -0.25) is 0 Å². The van der Waals surface area contributed by atoms with Gasteiger partial charge in [0.05, 0.1) is 18.2 Å². The molecule has 1 aromatic carbocycles. The lowest BCUT2D eigenvalue weighted by Crippen LogP contribution is -2.20. The summed E-state index contributed by atoms with van der Waals surface area (Å²) in [5.41, 5.74) is 2.02. The van der Waals surface area contributed by atoms with Gasteiger partial charge in [-0.25, -0.2) is 9.59 Å². The van der Waals surface area contributed by atoms with E-state index < -0.39 is 11.9 Å². The van der Waals surface area contributed by atoms with E-state index in [2.05, 4.69) is 10.6 Å². The molecule has 25 heavy (non-hydrogen) atoms. The van der Waals surface area contributed by atoms with Crippen molar-refractivity contribution in [3.8, 4) is 0 Å². The topological polar surface area (TPSA) is 87.7 Å². The molecule has 0 spiro atoms. The van der Waals surface area contributed by atoms with Crippen molar-refractivity contribution in [2.45, 2.75) is 20.3 Å². The number of benzene rings is 1. The third-order valence-corrected chi connectivity index (χ3v) is 4.90. The fourth-order valence-corrected chi connectivity index (χ4v) is 3.38. The van der Waals surface area contributed by atoms with Gasteiger partial charge in [-0.2, -0.15) is 0 Å². The summed E-state index contributed by atoms with van der Waals surface area (Å²) in [4.78, 5) is 24.0. The molecular weight excluding hydrogens is 360 g/mol. The summed E-state index contributed by atoms with van der Waals surface area (Å²) in [5.74, 6) is -1.45. The molecule has 3 N–H and O–H groups in total. The van der Waals surface area contributed by atoms with Crippen molar-refractivity contribution in [2.75, 3.05) is 17.7 Å². The number of aryl methyl sites for hydroxylation is 2. The van der Waals surface area contributed by atoms with E-state index in [9.17, 15) is 9.59 Å². The third kappa shape index (κ3) is 4.55. The van der Waals surface area contributed by atoms with Crippen molar-refractivity contribution in [3.63, 3.8) is 0 Å². The second kappa shape index (κ2) is 8.09. The van der Waals surface area contributed by atoms with Gasteiger partial charge in [0, 0.05) is 10.6 Å². The number of anilines is 2. The van der Waals surface area contributed by atoms with E-state index in [-0.39, 0.29) is 10.7 Å². The van der Waals surface area contributed by atoms with Crippen molar-refractivity contribution in [2.24, 2.45) is 0 Å². The van der Waals surface area contributed by atoms with Crippen LogP contribution in [0.3, 0.4) is 0 Å². The van der Waals surface area contributed by atoms with E-state index >= 15 is 0 Å². The first-order valence-electron chi connectivity index (χ1n) is 7.48. The fraction of sp³-hybridized carbons (Fsp3) is 0.235. The number of thiophene rings is 1. The standard InChI is InChI=1S/C17H18N2O4S2/c1-4-11-8-12(16(22)23-3)14(25-11)19-17(24)18-13-7-10(15(20)21)6-5-9(13)2/h5-8H,4H2,1-3H3,(H,20,21)(H2,18,19,24). The molecule has 132 valence electrons. The predicted molar refractivity (Wildman–Crippen MR) is 103 cm³/mol.